The summed E-state index contributed by atoms with van der Waals surface area (Å²) in [4.78, 5) is 7.10. The van der Waals surface area contributed by atoms with Crippen LogP contribution in [0.2, 0.25) is 0 Å². The quantitative estimate of drug-likeness (QED) is 0.370. The van der Waals surface area contributed by atoms with Crippen molar-refractivity contribution in [1.29, 1.82) is 0 Å². The van der Waals surface area contributed by atoms with Crippen molar-refractivity contribution in [2.75, 3.05) is 26.7 Å². The molecule has 0 aromatic heterocycles. The number of likely N-dealkylation sites (tertiary alicyclic amines) is 1. The van der Waals surface area contributed by atoms with Gasteiger partial charge in [0.1, 0.15) is 0 Å². The molecule has 146 valence electrons. The molecule has 0 radical (unpaired) electrons. The van der Waals surface area contributed by atoms with Crippen LogP contribution in [0.25, 0.3) is 0 Å². The summed E-state index contributed by atoms with van der Waals surface area (Å²) in [6.45, 7) is 8.32. The molecule has 1 aliphatic heterocycles. The number of nitrogens with zero attached hydrogens (tertiary/aromatic N) is 2. The molecule has 4 nitrogen and oxygen atoms in total. The molecular weight excluding hydrogens is 423 g/mol. The Morgan fingerprint density at radius 1 is 1.04 bits per heavy atom. The minimum atomic E-state index is 0. The van der Waals surface area contributed by atoms with Gasteiger partial charge in [-0.1, -0.05) is 46.0 Å². The molecule has 2 saturated carbocycles. The van der Waals surface area contributed by atoms with Crippen molar-refractivity contribution in [2.24, 2.45) is 22.7 Å². The van der Waals surface area contributed by atoms with Crippen molar-refractivity contribution in [1.82, 2.24) is 15.5 Å². The molecule has 3 rings (SSSR count). The summed E-state index contributed by atoms with van der Waals surface area (Å²) in [5, 5.41) is 7.39. The fourth-order valence-electron chi connectivity index (χ4n) is 4.78. The van der Waals surface area contributed by atoms with Gasteiger partial charge in [-0.15, -0.1) is 24.0 Å². The zero-order valence-electron chi connectivity index (χ0n) is 16.5. The Morgan fingerprint density at radius 2 is 1.72 bits per heavy atom. The zero-order valence-corrected chi connectivity index (χ0v) is 18.8. The lowest BCUT2D eigenvalue weighted by molar-refractivity contribution is 0.187. The maximum atomic E-state index is 4.49. The Hall–Kier alpha value is -0.0400. The lowest BCUT2D eigenvalue weighted by Crippen LogP contribution is -2.49. The number of hydrogen-bond acceptors (Lipinski definition) is 2. The Kier molecular flexibility index (Phi) is 8.79. The highest BCUT2D eigenvalue weighted by molar-refractivity contribution is 14.0. The van der Waals surface area contributed by atoms with Crippen molar-refractivity contribution in [3.63, 3.8) is 0 Å². The van der Waals surface area contributed by atoms with E-state index in [2.05, 4.69) is 34.4 Å². The lowest BCUT2D eigenvalue weighted by Gasteiger charge is -2.34. The van der Waals surface area contributed by atoms with E-state index in [0.29, 0.717) is 12.1 Å². The Labute approximate surface area is 172 Å². The first kappa shape index (κ1) is 21.3. The second kappa shape index (κ2) is 10.3. The van der Waals surface area contributed by atoms with Crippen LogP contribution in [-0.4, -0.2) is 49.6 Å². The fraction of sp³-hybridized carbons (Fsp3) is 0.950. The van der Waals surface area contributed by atoms with E-state index in [0.717, 1.165) is 23.7 Å². The maximum Gasteiger partial charge on any atom is 0.191 e. The van der Waals surface area contributed by atoms with Crippen molar-refractivity contribution >= 4 is 29.9 Å². The monoisotopic (exact) mass is 462 g/mol. The van der Waals surface area contributed by atoms with E-state index >= 15 is 0 Å². The van der Waals surface area contributed by atoms with Crippen LogP contribution in [0, 0.1) is 17.8 Å². The summed E-state index contributed by atoms with van der Waals surface area (Å²) in [6, 6.07) is 1.27. The summed E-state index contributed by atoms with van der Waals surface area (Å²) in [5.74, 6) is 3.71. The van der Waals surface area contributed by atoms with Crippen LogP contribution >= 0.6 is 24.0 Å². The van der Waals surface area contributed by atoms with Crippen LogP contribution in [0.1, 0.15) is 65.2 Å². The standard InChI is InChI=1S/C20H38N4.HI/c1-15(2)14-24-11-9-17(10-12-24)22-20(21-3)23-19-13-18(19)16-7-5-4-6-8-16;/h15-19H,4-14H2,1-3H3,(H2,21,22,23);1H. The fourth-order valence-corrected chi connectivity index (χ4v) is 4.78. The molecule has 2 N–H and O–H groups in total. The normalized spacial score (nSPS) is 29.4. The van der Waals surface area contributed by atoms with Gasteiger partial charge in [0.2, 0.25) is 0 Å². The van der Waals surface area contributed by atoms with Crippen molar-refractivity contribution < 1.29 is 0 Å². The number of guanidine groups is 1. The molecule has 2 atom stereocenters. The van der Waals surface area contributed by atoms with Gasteiger partial charge >= 0.3 is 0 Å². The molecule has 3 aliphatic rings. The summed E-state index contributed by atoms with van der Waals surface area (Å²) in [5.41, 5.74) is 0. The van der Waals surface area contributed by atoms with Gasteiger partial charge in [-0.05, 0) is 37.0 Å². The molecule has 3 fully saturated rings. The molecule has 1 heterocycles. The first-order chi connectivity index (χ1) is 11.7. The van der Waals surface area contributed by atoms with Gasteiger partial charge in [0.15, 0.2) is 5.96 Å². The third kappa shape index (κ3) is 6.56. The molecule has 5 heteroatoms. The number of halogens is 1. The van der Waals surface area contributed by atoms with Crippen LogP contribution in [0.4, 0.5) is 0 Å². The average Bonchev–Trinajstić information content (AvgIpc) is 3.35. The average molecular weight is 462 g/mol. The molecule has 1 saturated heterocycles. The van der Waals surface area contributed by atoms with Crippen molar-refractivity contribution in [3.8, 4) is 0 Å². The Bertz CT molecular complexity index is 412. The van der Waals surface area contributed by atoms with Gasteiger partial charge in [-0.3, -0.25) is 4.99 Å². The van der Waals surface area contributed by atoms with E-state index < -0.39 is 0 Å². The highest BCUT2D eigenvalue weighted by atomic mass is 127. The lowest BCUT2D eigenvalue weighted by atomic mass is 9.85. The number of aliphatic imine (C=N–C) groups is 1. The summed E-state index contributed by atoms with van der Waals surface area (Å²) in [6.07, 6.45) is 11.1. The van der Waals surface area contributed by atoms with Gasteiger partial charge in [0.25, 0.3) is 0 Å². The highest BCUT2D eigenvalue weighted by Crippen LogP contribution is 2.44. The van der Waals surface area contributed by atoms with E-state index in [1.165, 1.54) is 71.0 Å². The van der Waals surface area contributed by atoms with E-state index in [-0.39, 0.29) is 24.0 Å². The Morgan fingerprint density at radius 3 is 2.32 bits per heavy atom. The molecular formula is C20H39IN4. The largest absolute Gasteiger partial charge is 0.354 e. The highest BCUT2D eigenvalue weighted by Gasteiger charge is 2.43. The smallest absolute Gasteiger partial charge is 0.191 e. The van der Waals surface area contributed by atoms with Crippen LogP contribution in [0.5, 0.6) is 0 Å². The molecule has 0 amide bonds. The number of nitrogens with one attached hydrogen (secondary N) is 2. The number of piperidine rings is 1. The summed E-state index contributed by atoms with van der Waals surface area (Å²) >= 11 is 0. The molecule has 25 heavy (non-hydrogen) atoms. The van der Waals surface area contributed by atoms with Gasteiger partial charge in [-0.2, -0.15) is 0 Å². The zero-order chi connectivity index (χ0) is 16.9. The number of rotatable bonds is 5. The van der Waals surface area contributed by atoms with Crippen LogP contribution < -0.4 is 10.6 Å². The second-order valence-corrected chi connectivity index (χ2v) is 8.73. The third-order valence-corrected chi connectivity index (χ3v) is 6.19. The molecule has 0 aromatic carbocycles. The molecule has 0 spiro atoms. The first-order valence-electron chi connectivity index (χ1n) is 10.4. The topological polar surface area (TPSA) is 39.7 Å². The van der Waals surface area contributed by atoms with E-state index in [1.807, 2.05) is 7.05 Å². The van der Waals surface area contributed by atoms with Gasteiger partial charge in [0, 0.05) is 38.8 Å². The summed E-state index contributed by atoms with van der Waals surface area (Å²) in [7, 11) is 1.92. The first-order valence-corrected chi connectivity index (χ1v) is 10.4. The van der Waals surface area contributed by atoms with Crippen LogP contribution in [-0.2, 0) is 0 Å². The molecule has 2 unspecified atom stereocenters. The minimum absolute atomic E-state index is 0. The van der Waals surface area contributed by atoms with E-state index in [9.17, 15) is 0 Å². The van der Waals surface area contributed by atoms with Crippen molar-refractivity contribution in [2.45, 2.75) is 77.3 Å². The van der Waals surface area contributed by atoms with E-state index in [1.54, 1.807) is 0 Å². The van der Waals surface area contributed by atoms with Gasteiger partial charge < -0.3 is 15.5 Å². The van der Waals surface area contributed by atoms with Crippen LogP contribution in [0.15, 0.2) is 4.99 Å². The van der Waals surface area contributed by atoms with Gasteiger partial charge in [0.05, 0.1) is 0 Å². The molecule has 2 aliphatic carbocycles. The van der Waals surface area contributed by atoms with Crippen LogP contribution in [0.3, 0.4) is 0 Å². The van der Waals surface area contributed by atoms with E-state index in [4.69, 9.17) is 0 Å². The number of hydrogen-bond donors (Lipinski definition) is 2. The predicted molar refractivity (Wildman–Crippen MR) is 118 cm³/mol. The Balaban J connectivity index is 0.00000225. The maximum absolute atomic E-state index is 4.49. The van der Waals surface area contributed by atoms with Crippen molar-refractivity contribution in [3.05, 3.63) is 0 Å². The predicted octanol–water partition coefficient (Wildman–Crippen LogP) is 3.86. The SMILES string of the molecule is CN=C(NC1CCN(CC(C)C)CC1)NC1CC1C1CCCCC1.I. The molecule has 0 bridgehead atoms. The third-order valence-electron chi connectivity index (χ3n) is 6.19. The summed E-state index contributed by atoms with van der Waals surface area (Å²) < 4.78 is 0. The second-order valence-electron chi connectivity index (χ2n) is 8.73. The minimum Gasteiger partial charge on any atom is -0.354 e. The molecule has 0 aromatic rings. The van der Waals surface area contributed by atoms with Gasteiger partial charge in [-0.25, -0.2) is 0 Å².